The zero-order valence-corrected chi connectivity index (χ0v) is 27.6. The molecule has 0 aromatic rings. The molecule has 49 heavy (non-hydrogen) atoms. The number of aliphatic hydroxyl groups is 1. The van der Waals surface area contributed by atoms with Crippen LogP contribution in [0.25, 0.3) is 0 Å². The van der Waals surface area contributed by atoms with E-state index in [4.69, 9.17) is 28.7 Å². The molecule has 0 unspecified atom stereocenters. The Hall–Kier alpha value is -5.05. The fourth-order valence-corrected chi connectivity index (χ4v) is 4.95. The van der Waals surface area contributed by atoms with Crippen LogP contribution >= 0.6 is 0 Å². The summed E-state index contributed by atoms with van der Waals surface area (Å²) in [6.45, 7) is 2.92. The van der Waals surface area contributed by atoms with Crippen molar-refractivity contribution >= 4 is 53.3 Å². The molecule has 0 spiro atoms. The van der Waals surface area contributed by atoms with Crippen molar-refractivity contribution in [2.75, 3.05) is 19.7 Å². The van der Waals surface area contributed by atoms with Crippen molar-refractivity contribution in [3.8, 4) is 0 Å². The van der Waals surface area contributed by atoms with Crippen LogP contribution in [-0.4, -0.2) is 124 Å². The second-order valence-corrected chi connectivity index (χ2v) is 12.0. The number of aliphatic hydroxyl groups excluding tert-OH is 1. The number of primary amides is 2. The Morgan fingerprint density at radius 1 is 0.816 bits per heavy atom. The molecule has 1 heterocycles. The highest BCUT2D eigenvalue weighted by Crippen LogP contribution is 2.20. The normalized spacial score (nSPS) is 17.1. The standard InChI is InChI=1S/C28H49N11O10/c1-13(2)9-16(36-22(43)14(29)12-40)23(44)38-18(11-21(31)42)26(47)39-8-4-6-19(39)25(46)37-17(10-20(30)41)24(45)35-15(27(48)49)5-3-7-34-28(32)33/h13-19,40H,3-12,29H2,1-2H3,(H2,30,41)(H2,31,42)(H,35,45)(H,36,43)(H,37,46)(H,38,44)(H,48,49)(H4,32,33,34)/t14-,15-,16-,17-,18-,19-/m0/s1. The highest BCUT2D eigenvalue weighted by Gasteiger charge is 2.40. The van der Waals surface area contributed by atoms with Gasteiger partial charge in [-0.1, -0.05) is 13.8 Å². The molecule has 0 saturated carbocycles. The third-order valence-electron chi connectivity index (χ3n) is 7.33. The van der Waals surface area contributed by atoms with Gasteiger partial charge in [0.1, 0.15) is 36.3 Å². The molecule has 0 bridgehead atoms. The van der Waals surface area contributed by atoms with Crippen molar-refractivity contribution < 1.29 is 48.6 Å². The number of aliphatic imine (C=N–C) groups is 1. The largest absolute Gasteiger partial charge is 0.480 e. The summed E-state index contributed by atoms with van der Waals surface area (Å²) in [6.07, 6.45) is -0.802. The number of nitrogens with one attached hydrogen (secondary N) is 4. The molecule has 1 saturated heterocycles. The number of nitrogens with two attached hydrogens (primary N) is 5. The summed E-state index contributed by atoms with van der Waals surface area (Å²) >= 11 is 0. The van der Waals surface area contributed by atoms with E-state index in [1.165, 1.54) is 0 Å². The van der Waals surface area contributed by atoms with Gasteiger partial charge in [-0.3, -0.25) is 38.6 Å². The molecule has 16 N–H and O–H groups in total. The Balaban J connectivity index is 3.16. The van der Waals surface area contributed by atoms with Crippen LogP contribution in [0.2, 0.25) is 0 Å². The zero-order chi connectivity index (χ0) is 37.4. The topological polar surface area (TPSA) is 371 Å². The van der Waals surface area contributed by atoms with E-state index in [1.54, 1.807) is 13.8 Å². The summed E-state index contributed by atoms with van der Waals surface area (Å²) < 4.78 is 0. The molecule has 0 aromatic heterocycles. The first-order valence-electron chi connectivity index (χ1n) is 15.6. The molecule has 1 aliphatic heterocycles. The van der Waals surface area contributed by atoms with Crippen LogP contribution in [0.5, 0.6) is 0 Å². The highest BCUT2D eigenvalue weighted by molar-refractivity contribution is 5.98. The van der Waals surface area contributed by atoms with Gasteiger partial charge in [0, 0.05) is 13.1 Å². The van der Waals surface area contributed by atoms with E-state index in [2.05, 4.69) is 26.3 Å². The summed E-state index contributed by atoms with van der Waals surface area (Å²) in [6, 6.07) is -8.36. The summed E-state index contributed by atoms with van der Waals surface area (Å²) in [5.41, 5.74) is 26.7. The molecule has 0 radical (unpaired) electrons. The minimum atomic E-state index is -1.62. The summed E-state index contributed by atoms with van der Waals surface area (Å²) in [4.78, 5) is 106. The van der Waals surface area contributed by atoms with Gasteiger partial charge in [0.2, 0.25) is 41.4 Å². The van der Waals surface area contributed by atoms with Crippen molar-refractivity contribution in [3.05, 3.63) is 0 Å². The van der Waals surface area contributed by atoms with Gasteiger partial charge in [-0.05, 0) is 38.0 Å². The Kier molecular flexibility index (Phi) is 17.4. The summed E-state index contributed by atoms with van der Waals surface area (Å²) in [5.74, 6) is -8.15. The summed E-state index contributed by atoms with van der Waals surface area (Å²) in [7, 11) is 0. The lowest BCUT2D eigenvalue weighted by Crippen LogP contribution is -2.60. The fraction of sp³-hybridized carbons (Fsp3) is 0.679. The maximum atomic E-state index is 13.7. The molecular formula is C28H49N11O10. The van der Waals surface area contributed by atoms with Crippen LogP contribution in [0.1, 0.15) is 58.8 Å². The van der Waals surface area contributed by atoms with Gasteiger partial charge < -0.3 is 65.0 Å². The van der Waals surface area contributed by atoms with Gasteiger partial charge >= 0.3 is 5.97 Å². The predicted octanol–water partition coefficient (Wildman–Crippen LogP) is -5.83. The summed E-state index contributed by atoms with van der Waals surface area (Å²) in [5, 5.41) is 28.2. The Morgan fingerprint density at radius 3 is 1.90 bits per heavy atom. The minimum Gasteiger partial charge on any atom is -0.480 e. The number of rotatable bonds is 21. The zero-order valence-electron chi connectivity index (χ0n) is 27.6. The quantitative estimate of drug-likeness (QED) is 0.0302. The monoisotopic (exact) mass is 699 g/mol. The van der Waals surface area contributed by atoms with E-state index in [-0.39, 0.29) is 50.7 Å². The van der Waals surface area contributed by atoms with Crippen LogP contribution in [0.3, 0.4) is 0 Å². The number of likely N-dealkylation sites (tertiary alicyclic amines) is 1. The molecule has 1 aliphatic rings. The number of amides is 7. The van der Waals surface area contributed by atoms with Crippen LogP contribution < -0.4 is 49.9 Å². The van der Waals surface area contributed by atoms with Crippen LogP contribution in [0.4, 0.5) is 0 Å². The van der Waals surface area contributed by atoms with E-state index in [9.17, 15) is 48.6 Å². The number of guanidine groups is 1. The van der Waals surface area contributed by atoms with Crippen molar-refractivity contribution in [3.63, 3.8) is 0 Å². The first-order valence-corrected chi connectivity index (χ1v) is 15.6. The Bertz CT molecular complexity index is 1260. The molecule has 21 nitrogen and oxygen atoms in total. The number of aliphatic carboxylic acids is 1. The van der Waals surface area contributed by atoms with Crippen LogP contribution in [-0.2, 0) is 38.4 Å². The van der Waals surface area contributed by atoms with E-state index < -0.39 is 103 Å². The van der Waals surface area contributed by atoms with Crippen molar-refractivity contribution in [1.82, 2.24) is 26.2 Å². The first-order chi connectivity index (χ1) is 22.9. The van der Waals surface area contributed by atoms with E-state index in [0.717, 1.165) is 4.90 Å². The SMILES string of the molecule is CC(C)C[C@H](NC(=O)[C@@H](N)CO)C(=O)N[C@@H](CC(N)=O)C(=O)N1CCC[C@H]1C(=O)N[C@@H](CC(N)=O)C(=O)N[C@@H](CCCN=C(N)N)C(=O)O. The van der Waals surface area contributed by atoms with Gasteiger partial charge in [0.15, 0.2) is 5.96 Å². The van der Waals surface area contributed by atoms with Crippen LogP contribution in [0.15, 0.2) is 4.99 Å². The second kappa shape index (κ2) is 20.3. The van der Waals surface area contributed by atoms with Crippen LogP contribution in [0, 0.1) is 5.92 Å². The fourth-order valence-electron chi connectivity index (χ4n) is 4.95. The van der Waals surface area contributed by atoms with E-state index >= 15 is 0 Å². The average Bonchev–Trinajstić information content (AvgIpc) is 3.50. The third-order valence-corrected chi connectivity index (χ3v) is 7.33. The highest BCUT2D eigenvalue weighted by atomic mass is 16.4. The Morgan fingerprint density at radius 2 is 1.37 bits per heavy atom. The maximum Gasteiger partial charge on any atom is 0.326 e. The van der Waals surface area contributed by atoms with Crippen molar-refractivity contribution in [2.24, 2.45) is 39.6 Å². The predicted molar refractivity (Wildman–Crippen MR) is 172 cm³/mol. The maximum absolute atomic E-state index is 13.7. The van der Waals surface area contributed by atoms with Crippen molar-refractivity contribution in [1.29, 1.82) is 0 Å². The van der Waals surface area contributed by atoms with Gasteiger partial charge in [0.25, 0.3) is 0 Å². The Labute approximate surface area is 282 Å². The molecule has 7 amide bonds. The lowest BCUT2D eigenvalue weighted by atomic mass is 10.0. The van der Waals surface area contributed by atoms with Gasteiger partial charge in [0.05, 0.1) is 19.4 Å². The van der Waals surface area contributed by atoms with Gasteiger partial charge in [-0.25, -0.2) is 4.79 Å². The van der Waals surface area contributed by atoms with Gasteiger partial charge in [-0.2, -0.15) is 0 Å². The molecule has 1 rings (SSSR count). The molecule has 276 valence electrons. The number of carboxylic acids is 1. The lowest BCUT2D eigenvalue weighted by Gasteiger charge is -2.30. The lowest BCUT2D eigenvalue weighted by molar-refractivity contribution is -0.144. The second-order valence-electron chi connectivity index (χ2n) is 12.0. The number of carbonyl (C=O) groups excluding carboxylic acids is 7. The number of hydrogen-bond acceptors (Lipinski definition) is 11. The molecular weight excluding hydrogens is 650 g/mol. The molecule has 0 aliphatic carbocycles. The van der Waals surface area contributed by atoms with E-state index in [1.807, 2.05) is 0 Å². The van der Waals surface area contributed by atoms with Crippen molar-refractivity contribution in [2.45, 2.75) is 95.0 Å². The molecule has 0 aromatic carbocycles. The number of nitrogens with zero attached hydrogens (tertiary/aromatic N) is 2. The van der Waals surface area contributed by atoms with Gasteiger partial charge in [-0.15, -0.1) is 0 Å². The number of carboxylic acid groups (broad SMARTS) is 1. The molecule has 21 heteroatoms. The third kappa shape index (κ3) is 14.7. The molecule has 6 atom stereocenters. The minimum absolute atomic E-state index is 0.00311. The van der Waals surface area contributed by atoms with E-state index in [0.29, 0.717) is 6.42 Å². The first kappa shape index (κ1) is 42.0. The molecule has 1 fully saturated rings. The number of hydrogen-bond donors (Lipinski definition) is 11. The average molecular weight is 700 g/mol. The smallest absolute Gasteiger partial charge is 0.326 e. The number of carbonyl (C=O) groups is 8.